The van der Waals surface area contributed by atoms with Gasteiger partial charge in [-0.1, -0.05) is 24.3 Å². The number of allylic oxidation sites excluding steroid dienone is 1. The van der Waals surface area contributed by atoms with Gasteiger partial charge in [0.2, 0.25) is 0 Å². The first kappa shape index (κ1) is 12.0. The van der Waals surface area contributed by atoms with Crippen molar-refractivity contribution >= 4 is 7.60 Å². The van der Waals surface area contributed by atoms with E-state index in [-0.39, 0.29) is 6.16 Å². The van der Waals surface area contributed by atoms with Crippen molar-refractivity contribution in [2.45, 2.75) is 6.92 Å². The van der Waals surface area contributed by atoms with Gasteiger partial charge in [0.25, 0.3) is 0 Å². The van der Waals surface area contributed by atoms with Gasteiger partial charge in [0, 0.05) is 0 Å². The normalized spacial score (nSPS) is 14.2. The van der Waals surface area contributed by atoms with Crippen molar-refractivity contribution in [3.05, 3.63) is 43.0 Å². The first-order valence-electron chi connectivity index (χ1n) is 4.79. The summed E-state index contributed by atoms with van der Waals surface area (Å²) in [5.74, 6) is 0.552. The first-order valence-corrected chi connectivity index (χ1v) is 6.52. The molecule has 1 unspecified atom stereocenters. The van der Waals surface area contributed by atoms with Crippen molar-refractivity contribution in [3.63, 3.8) is 0 Å². The summed E-state index contributed by atoms with van der Waals surface area (Å²) in [6.07, 6.45) is 1.76. The molecule has 0 spiro atoms. The third kappa shape index (κ3) is 3.90. The summed E-state index contributed by atoms with van der Waals surface area (Å²) < 4.78 is 22.5. The van der Waals surface area contributed by atoms with Crippen molar-refractivity contribution < 1.29 is 13.6 Å². The van der Waals surface area contributed by atoms with Gasteiger partial charge >= 0.3 is 7.60 Å². The maximum absolute atomic E-state index is 12.1. The van der Waals surface area contributed by atoms with E-state index in [2.05, 4.69) is 6.58 Å². The molecule has 0 aromatic heterocycles. The summed E-state index contributed by atoms with van der Waals surface area (Å²) in [5, 5.41) is 0. The summed E-state index contributed by atoms with van der Waals surface area (Å²) in [6.45, 7) is 5.68. The highest BCUT2D eigenvalue weighted by Crippen LogP contribution is 2.47. The molecule has 1 aromatic carbocycles. The molecule has 0 radical (unpaired) electrons. The first-order chi connectivity index (χ1) is 7.20. The molecule has 0 aliphatic carbocycles. The molecule has 15 heavy (non-hydrogen) atoms. The molecule has 0 aliphatic heterocycles. The van der Waals surface area contributed by atoms with E-state index < -0.39 is 7.60 Å². The molecule has 4 heteroatoms. The highest BCUT2D eigenvalue weighted by Gasteiger charge is 2.23. The Kier molecular flexibility index (Phi) is 4.60. The Bertz CT molecular complexity index is 348. The van der Waals surface area contributed by atoms with E-state index in [9.17, 15) is 4.57 Å². The predicted molar refractivity (Wildman–Crippen MR) is 61.4 cm³/mol. The summed E-state index contributed by atoms with van der Waals surface area (Å²) in [7, 11) is -3.06. The summed E-state index contributed by atoms with van der Waals surface area (Å²) in [5.41, 5.74) is 0. The van der Waals surface area contributed by atoms with E-state index in [4.69, 9.17) is 9.05 Å². The average molecular weight is 226 g/mol. The van der Waals surface area contributed by atoms with Crippen molar-refractivity contribution in [2.24, 2.45) is 0 Å². The molecule has 3 nitrogen and oxygen atoms in total. The van der Waals surface area contributed by atoms with Crippen LogP contribution in [0.15, 0.2) is 43.0 Å². The van der Waals surface area contributed by atoms with Crippen LogP contribution in [0.5, 0.6) is 5.75 Å². The lowest BCUT2D eigenvalue weighted by Gasteiger charge is -2.16. The second-order valence-corrected chi connectivity index (χ2v) is 4.93. The third-order valence-corrected chi connectivity index (χ3v) is 3.51. The van der Waals surface area contributed by atoms with Crippen LogP contribution < -0.4 is 4.52 Å². The van der Waals surface area contributed by atoms with Gasteiger partial charge in [0.15, 0.2) is 0 Å². The molecule has 0 saturated heterocycles. The summed E-state index contributed by atoms with van der Waals surface area (Å²) >= 11 is 0. The number of benzene rings is 1. The number of hydrogen-bond acceptors (Lipinski definition) is 3. The quantitative estimate of drug-likeness (QED) is 0.550. The highest BCUT2D eigenvalue weighted by molar-refractivity contribution is 7.54. The van der Waals surface area contributed by atoms with Crippen LogP contribution in [0.4, 0.5) is 0 Å². The zero-order valence-electron chi connectivity index (χ0n) is 8.76. The zero-order chi connectivity index (χ0) is 11.1. The highest BCUT2D eigenvalue weighted by atomic mass is 31.2. The van der Waals surface area contributed by atoms with Gasteiger partial charge in [-0.05, 0) is 19.1 Å². The predicted octanol–water partition coefficient (Wildman–Crippen LogP) is 3.48. The Morgan fingerprint density at radius 3 is 2.60 bits per heavy atom. The maximum Gasteiger partial charge on any atom is 0.382 e. The van der Waals surface area contributed by atoms with Crippen molar-refractivity contribution in [1.82, 2.24) is 0 Å². The SMILES string of the molecule is C=CCP(=O)(OCC)Oc1ccccc1. The van der Waals surface area contributed by atoms with Crippen LogP contribution in [0.1, 0.15) is 6.92 Å². The molecule has 82 valence electrons. The smallest absolute Gasteiger partial charge is 0.382 e. The molecular formula is C11H15O3P. The van der Waals surface area contributed by atoms with Gasteiger partial charge in [0.05, 0.1) is 12.8 Å². The number of para-hydroxylation sites is 1. The van der Waals surface area contributed by atoms with Crippen molar-refractivity contribution in [1.29, 1.82) is 0 Å². The summed E-state index contributed by atoms with van der Waals surface area (Å²) in [6, 6.07) is 8.99. The van der Waals surface area contributed by atoms with Gasteiger partial charge in [0.1, 0.15) is 5.75 Å². The monoisotopic (exact) mass is 226 g/mol. The molecule has 0 heterocycles. The molecule has 1 atom stereocenters. The van der Waals surface area contributed by atoms with E-state index >= 15 is 0 Å². The Labute approximate surface area is 90.3 Å². The molecule has 0 amide bonds. The van der Waals surface area contributed by atoms with Crippen LogP contribution in [0.2, 0.25) is 0 Å². The third-order valence-electron chi connectivity index (χ3n) is 1.67. The largest absolute Gasteiger partial charge is 0.424 e. The van der Waals surface area contributed by atoms with Crippen molar-refractivity contribution in [2.75, 3.05) is 12.8 Å². The van der Waals surface area contributed by atoms with Crippen molar-refractivity contribution in [3.8, 4) is 5.75 Å². The molecular weight excluding hydrogens is 211 g/mol. The minimum absolute atomic E-state index is 0.218. The van der Waals surface area contributed by atoms with Crippen LogP contribution in [0.25, 0.3) is 0 Å². The lowest BCUT2D eigenvalue weighted by atomic mass is 10.3. The van der Waals surface area contributed by atoms with Crippen LogP contribution in [0.3, 0.4) is 0 Å². The van der Waals surface area contributed by atoms with Crippen LogP contribution >= 0.6 is 7.60 Å². The second kappa shape index (κ2) is 5.74. The Balaban J connectivity index is 2.75. The van der Waals surface area contributed by atoms with Gasteiger partial charge < -0.3 is 4.52 Å². The minimum atomic E-state index is -3.06. The maximum atomic E-state index is 12.1. The molecule has 0 bridgehead atoms. The Morgan fingerprint density at radius 1 is 1.40 bits per heavy atom. The second-order valence-electron chi connectivity index (χ2n) is 2.90. The fourth-order valence-corrected chi connectivity index (χ4v) is 2.50. The molecule has 0 aliphatic rings. The molecule has 1 aromatic rings. The Morgan fingerprint density at radius 2 is 2.07 bits per heavy atom. The van der Waals surface area contributed by atoms with Gasteiger partial charge in [-0.3, -0.25) is 4.52 Å². The van der Waals surface area contributed by atoms with Crippen LogP contribution in [-0.2, 0) is 9.09 Å². The van der Waals surface area contributed by atoms with E-state index in [0.29, 0.717) is 12.4 Å². The van der Waals surface area contributed by atoms with Gasteiger partial charge in [-0.2, -0.15) is 0 Å². The zero-order valence-corrected chi connectivity index (χ0v) is 9.65. The van der Waals surface area contributed by atoms with Crippen LogP contribution in [0, 0.1) is 0 Å². The molecule has 0 N–H and O–H groups in total. The van der Waals surface area contributed by atoms with Gasteiger partial charge in [-0.15, -0.1) is 6.58 Å². The fourth-order valence-electron chi connectivity index (χ4n) is 1.11. The fraction of sp³-hybridized carbons (Fsp3) is 0.273. The van der Waals surface area contributed by atoms with Crippen LogP contribution in [-0.4, -0.2) is 12.8 Å². The number of hydrogen-bond donors (Lipinski definition) is 0. The number of rotatable bonds is 6. The van der Waals surface area contributed by atoms with E-state index in [1.54, 1.807) is 25.1 Å². The minimum Gasteiger partial charge on any atom is -0.424 e. The van der Waals surface area contributed by atoms with E-state index in [1.807, 2.05) is 18.2 Å². The molecule has 1 rings (SSSR count). The van der Waals surface area contributed by atoms with E-state index in [1.165, 1.54) is 0 Å². The van der Waals surface area contributed by atoms with Gasteiger partial charge in [-0.25, -0.2) is 4.57 Å². The molecule has 0 fully saturated rings. The molecule has 0 saturated carbocycles. The topological polar surface area (TPSA) is 35.5 Å². The standard InChI is InChI=1S/C11H15O3P/c1-3-10-15(12,13-4-2)14-11-8-6-5-7-9-11/h3,5-9H,1,4,10H2,2H3. The Hall–Kier alpha value is -1.05. The lowest BCUT2D eigenvalue weighted by molar-refractivity contribution is 0.282. The summed E-state index contributed by atoms with van der Waals surface area (Å²) in [4.78, 5) is 0. The van der Waals surface area contributed by atoms with E-state index in [0.717, 1.165) is 0 Å². The lowest BCUT2D eigenvalue weighted by Crippen LogP contribution is -2.00. The average Bonchev–Trinajstić information content (AvgIpc) is 2.19.